The predicted octanol–water partition coefficient (Wildman–Crippen LogP) is 3.72. The quantitative estimate of drug-likeness (QED) is 0.631. The summed E-state index contributed by atoms with van der Waals surface area (Å²) in [6.07, 6.45) is 4.21. The van der Waals surface area contributed by atoms with Gasteiger partial charge in [-0.25, -0.2) is 0 Å². The standard InChI is InChI=1S/C14H12BrN5OS/c15-10-3-1-9(2-4-10)13-18-17-12(21-13)7-22-14-19-16-8-20(14)11-5-6-11/h1-4,8,11H,5-7H2. The molecule has 8 heteroatoms. The third-order valence-electron chi connectivity index (χ3n) is 3.36. The van der Waals surface area contributed by atoms with Crippen molar-refractivity contribution in [1.82, 2.24) is 25.0 Å². The Bertz CT molecular complexity index is 781. The Labute approximate surface area is 139 Å². The zero-order chi connectivity index (χ0) is 14.9. The summed E-state index contributed by atoms with van der Waals surface area (Å²) in [5.41, 5.74) is 0.910. The van der Waals surface area contributed by atoms with Gasteiger partial charge >= 0.3 is 0 Å². The Balaban J connectivity index is 1.45. The third kappa shape index (κ3) is 2.93. The van der Waals surface area contributed by atoms with Gasteiger partial charge in [-0.05, 0) is 37.1 Å². The van der Waals surface area contributed by atoms with Crippen LogP contribution < -0.4 is 0 Å². The van der Waals surface area contributed by atoms with Crippen LogP contribution in [0, 0.1) is 0 Å². The second-order valence-electron chi connectivity index (χ2n) is 5.05. The highest BCUT2D eigenvalue weighted by atomic mass is 79.9. The second-order valence-corrected chi connectivity index (χ2v) is 6.91. The number of hydrogen-bond acceptors (Lipinski definition) is 6. The van der Waals surface area contributed by atoms with Crippen molar-refractivity contribution in [3.63, 3.8) is 0 Å². The van der Waals surface area contributed by atoms with Crippen molar-refractivity contribution in [2.24, 2.45) is 0 Å². The van der Waals surface area contributed by atoms with Crippen LogP contribution in [0.25, 0.3) is 11.5 Å². The molecular weight excluding hydrogens is 366 g/mol. The average Bonchev–Trinajstić information content (AvgIpc) is 3.09. The van der Waals surface area contributed by atoms with Crippen molar-refractivity contribution in [3.8, 4) is 11.5 Å². The van der Waals surface area contributed by atoms with Crippen LogP contribution in [0.2, 0.25) is 0 Å². The van der Waals surface area contributed by atoms with Gasteiger partial charge in [0.2, 0.25) is 11.8 Å². The van der Waals surface area contributed by atoms with Crippen LogP contribution >= 0.6 is 27.7 Å². The molecule has 1 fully saturated rings. The maximum atomic E-state index is 5.71. The van der Waals surface area contributed by atoms with Crippen molar-refractivity contribution in [3.05, 3.63) is 41.0 Å². The van der Waals surface area contributed by atoms with Crippen LogP contribution in [0.3, 0.4) is 0 Å². The van der Waals surface area contributed by atoms with Gasteiger partial charge in [-0.1, -0.05) is 27.7 Å². The SMILES string of the molecule is Brc1ccc(-c2nnc(CSc3nncn3C3CC3)o2)cc1. The normalized spacial score (nSPS) is 14.4. The average molecular weight is 378 g/mol. The van der Waals surface area contributed by atoms with E-state index >= 15 is 0 Å². The molecule has 0 radical (unpaired) electrons. The van der Waals surface area contributed by atoms with Gasteiger partial charge in [0.25, 0.3) is 0 Å². The van der Waals surface area contributed by atoms with Gasteiger partial charge in [0.1, 0.15) is 6.33 Å². The molecule has 1 aliphatic rings. The fraction of sp³-hybridized carbons (Fsp3) is 0.286. The number of thioether (sulfide) groups is 1. The Kier molecular flexibility index (Phi) is 3.71. The molecule has 4 rings (SSSR count). The first-order valence-corrected chi connectivity index (χ1v) is 8.68. The molecule has 3 aromatic rings. The molecule has 2 aromatic heterocycles. The van der Waals surface area contributed by atoms with Gasteiger partial charge in [-0.2, -0.15) is 0 Å². The number of aromatic nitrogens is 5. The summed E-state index contributed by atoms with van der Waals surface area (Å²) in [4.78, 5) is 0. The molecule has 0 atom stereocenters. The van der Waals surface area contributed by atoms with Crippen molar-refractivity contribution in [1.29, 1.82) is 0 Å². The lowest BCUT2D eigenvalue weighted by atomic mass is 10.2. The molecular formula is C14H12BrN5OS. The minimum atomic E-state index is 0.534. The lowest BCUT2D eigenvalue weighted by Crippen LogP contribution is -1.94. The number of halogens is 1. The maximum Gasteiger partial charge on any atom is 0.247 e. The van der Waals surface area contributed by atoms with Crippen LogP contribution in [0.15, 0.2) is 44.6 Å². The van der Waals surface area contributed by atoms with E-state index in [9.17, 15) is 0 Å². The lowest BCUT2D eigenvalue weighted by Gasteiger charge is -2.01. The first-order chi connectivity index (χ1) is 10.8. The molecule has 2 heterocycles. The molecule has 1 aliphatic carbocycles. The highest BCUT2D eigenvalue weighted by Gasteiger charge is 2.26. The van der Waals surface area contributed by atoms with E-state index in [4.69, 9.17) is 4.42 Å². The van der Waals surface area contributed by atoms with Crippen LogP contribution in [0.5, 0.6) is 0 Å². The molecule has 0 unspecified atom stereocenters. The van der Waals surface area contributed by atoms with Crippen molar-refractivity contribution < 1.29 is 4.42 Å². The van der Waals surface area contributed by atoms with E-state index in [2.05, 4.69) is 40.9 Å². The minimum Gasteiger partial charge on any atom is -0.420 e. The van der Waals surface area contributed by atoms with Gasteiger partial charge in [0.05, 0.1) is 5.75 Å². The first kappa shape index (κ1) is 14.0. The Morgan fingerprint density at radius 1 is 1.18 bits per heavy atom. The van der Waals surface area contributed by atoms with Crippen molar-refractivity contribution in [2.75, 3.05) is 0 Å². The summed E-state index contributed by atoms with van der Waals surface area (Å²) >= 11 is 4.98. The molecule has 6 nitrogen and oxygen atoms in total. The molecule has 0 aliphatic heterocycles. The predicted molar refractivity (Wildman–Crippen MR) is 85.3 cm³/mol. The number of rotatable bonds is 5. The van der Waals surface area contributed by atoms with E-state index in [-0.39, 0.29) is 0 Å². The van der Waals surface area contributed by atoms with Gasteiger partial charge in [-0.15, -0.1) is 20.4 Å². The zero-order valence-electron chi connectivity index (χ0n) is 11.5. The van der Waals surface area contributed by atoms with Crippen molar-refractivity contribution in [2.45, 2.75) is 29.8 Å². The molecule has 0 amide bonds. The van der Waals surface area contributed by atoms with Gasteiger partial charge in [0, 0.05) is 16.1 Å². The van der Waals surface area contributed by atoms with E-state index in [1.165, 1.54) is 12.8 Å². The van der Waals surface area contributed by atoms with Gasteiger partial charge in [-0.3, -0.25) is 0 Å². The summed E-state index contributed by atoms with van der Waals surface area (Å²) in [5, 5.41) is 17.2. The number of nitrogens with zero attached hydrogens (tertiary/aromatic N) is 5. The Morgan fingerprint density at radius 3 is 2.77 bits per heavy atom. The lowest BCUT2D eigenvalue weighted by molar-refractivity contribution is 0.528. The summed E-state index contributed by atoms with van der Waals surface area (Å²) in [7, 11) is 0. The maximum absolute atomic E-state index is 5.71. The molecule has 0 N–H and O–H groups in total. The third-order valence-corrected chi connectivity index (χ3v) is 4.83. The summed E-state index contributed by atoms with van der Waals surface area (Å²) < 4.78 is 8.85. The molecule has 112 valence electrons. The van der Waals surface area contributed by atoms with Crippen LogP contribution in [0.4, 0.5) is 0 Å². The fourth-order valence-corrected chi connectivity index (χ4v) is 3.17. The smallest absolute Gasteiger partial charge is 0.247 e. The fourth-order valence-electron chi connectivity index (χ4n) is 2.09. The molecule has 0 spiro atoms. The number of hydrogen-bond donors (Lipinski definition) is 0. The van der Waals surface area contributed by atoms with E-state index in [0.717, 1.165) is 15.2 Å². The zero-order valence-corrected chi connectivity index (χ0v) is 13.9. The Morgan fingerprint density at radius 2 is 2.00 bits per heavy atom. The van der Waals surface area contributed by atoms with Crippen LogP contribution in [-0.4, -0.2) is 25.0 Å². The monoisotopic (exact) mass is 377 g/mol. The second kappa shape index (κ2) is 5.85. The highest BCUT2D eigenvalue weighted by Crippen LogP contribution is 2.37. The summed E-state index contributed by atoms with van der Waals surface area (Å²) in [5.74, 6) is 1.72. The Hall–Kier alpha value is -1.67. The van der Waals surface area contributed by atoms with Crippen LogP contribution in [0.1, 0.15) is 24.8 Å². The molecule has 22 heavy (non-hydrogen) atoms. The molecule has 0 saturated heterocycles. The minimum absolute atomic E-state index is 0.534. The van der Waals surface area contributed by atoms with Gasteiger partial charge < -0.3 is 8.98 Å². The van der Waals surface area contributed by atoms with Crippen molar-refractivity contribution >= 4 is 27.7 Å². The van der Waals surface area contributed by atoms with E-state index in [1.54, 1.807) is 18.1 Å². The van der Waals surface area contributed by atoms with E-state index in [0.29, 0.717) is 23.6 Å². The van der Waals surface area contributed by atoms with E-state index in [1.807, 2.05) is 24.3 Å². The molecule has 1 aromatic carbocycles. The van der Waals surface area contributed by atoms with Gasteiger partial charge in [0.15, 0.2) is 5.16 Å². The largest absolute Gasteiger partial charge is 0.420 e. The molecule has 1 saturated carbocycles. The number of benzene rings is 1. The van der Waals surface area contributed by atoms with Crippen LogP contribution in [-0.2, 0) is 5.75 Å². The summed E-state index contributed by atoms with van der Waals surface area (Å²) in [6.45, 7) is 0. The highest BCUT2D eigenvalue weighted by molar-refractivity contribution is 9.10. The summed E-state index contributed by atoms with van der Waals surface area (Å²) in [6, 6.07) is 8.35. The van der Waals surface area contributed by atoms with E-state index < -0.39 is 0 Å². The first-order valence-electron chi connectivity index (χ1n) is 6.90. The molecule has 0 bridgehead atoms. The topological polar surface area (TPSA) is 69.6 Å².